The molecule has 1 aromatic carbocycles. The van der Waals surface area contributed by atoms with E-state index in [4.69, 9.17) is 5.73 Å². The molecule has 3 aliphatic rings. The average molecular weight is 228 g/mol. The van der Waals surface area contributed by atoms with Gasteiger partial charge in [0.15, 0.2) is 0 Å². The molecular weight excluding hydrogens is 212 g/mol. The van der Waals surface area contributed by atoms with Gasteiger partial charge in [0.25, 0.3) is 5.91 Å². The van der Waals surface area contributed by atoms with Crippen molar-refractivity contribution in [2.75, 3.05) is 12.3 Å². The number of fused-ring (bicyclic) bond motifs is 2. The fraction of sp³-hybridized carbons (Fsp3) is 0.500. The number of benzene rings is 1. The number of anilines is 1. The zero-order valence-corrected chi connectivity index (χ0v) is 9.78. The van der Waals surface area contributed by atoms with E-state index in [-0.39, 0.29) is 11.3 Å². The smallest absolute Gasteiger partial charge is 0.254 e. The van der Waals surface area contributed by atoms with Gasteiger partial charge in [-0.2, -0.15) is 0 Å². The molecule has 0 aromatic heterocycles. The summed E-state index contributed by atoms with van der Waals surface area (Å²) in [6.45, 7) is 0.924. The largest absolute Gasteiger partial charge is 0.399 e. The van der Waals surface area contributed by atoms with Crippen molar-refractivity contribution < 1.29 is 4.79 Å². The number of hydrogen-bond donors (Lipinski definition) is 1. The Bertz CT molecular complexity index is 515. The predicted octanol–water partition coefficient (Wildman–Crippen LogP) is 1.92. The van der Waals surface area contributed by atoms with Crippen LogP contribution in [0.3, 0.4) is 0 Å². The molecule has 2 fully saturated rings. The Labute approximate surface area is 101 Å². The second-order valence-corrected chi connectivity index (χ2v) is 5.75. The van der Waals surface area contributed by atoms with Crippen LogP contribution in [0.2, 0.25) is 0 Å². The van der Waals surface area contributed by atoms with Gasteiger partial charge in [0.2, 0.25) is 0 Å². The summed E-state index contributed by atoms with van der Waals surface area (Å²) >= 11 is 0. The van der Waals surface area contributed by atoms with E-state index >= 15 is 0 Å². The van der Waals surface area contributed by atoms with Crippen LogP contribution >= 0.6 is 0 Å². The summed E-state index contributed by atoms with van der Waals surface area (Å²) in [4.78, 5) is 14.5. The molecule has 1 aliphatic heterocycles. The van der Waals surface area contributed by atoms with E-state index in [9.17, 15) is 4.79 Å². The first kappa shape index (κ1) is 9.51. The van der Waals surface area contributed by atoms with Crippen LogP contribution in [0, 0.1) is 0 Å². The second kappa shape index (κ2) is 2.84. The SMILES string of the molecule is Nc1ccc2c(c1)C1(CC1)CN(C1CC1)C2=O. The van der Waals surface area contributed by atoms with Crippen LogP contribution in [0.25, 0.3) is 0 Å². The summed E-state index contributed by atoms with van der Waals surface area (Å²) in [6.07, 6.45) is 4.79. The summed E-state index contributed by atoms with van der Waals surface area (Å²) in [5.74, 6) is 0.222. The van der Waals surface area contributed by atoms with Crippen LogP contribution in [0.1, 0.15) is 41.6 Å². The fourth-order valence-corrected chi connectivity index (χ4v) is 3.08. The summed E-state index contributed by atoms with van der Waals surface area (Å²) < 4.78 is 0. The standard InChI is InChI=1S/C14H16N2O/c15-9-1-4-11-12(7-9)14(5-6-14)8-16(13(11)17)10-2-3-10/h1,4,7,10H,2-3,5-6,8,15H2. The molecule has 1 spiro atoms. The van der Waals surface area contributed by atoms with Crippen molar-refractivity contribution in [1.29, 1.82) is 0 Å². The van der Waals surface area contributed by atoms with Crippen LogP contribution in [0.5, 0.6) is 0 Å². The number of carbonyl (C=O) groups excluding carboxylic acids is 1. The molecule has 0 unspecified atom stereocenters. The fourth-order valence-electron chi connectivity index (χ4n) is 3.08. The topological polar surface area (TPSA) is 46.3 Å². The molecule has 0 radical (unpaired) electrons. The maximum absolute atomic E-state index is 12.4. The summed E-state index contributed by atoms with van der Waals surface area (Å²) in [5, 5.41) is 0. The number of amides is 1. The van der Waals surface area contributed by atoms with Gasteiger partial charge in [0.1, 0.15) is 0 Å². The quantitative estimate of drug-likeness (QED) is 0.746. The molecule has 3 nitrogen and oxygen atoms in total. The van der Waals surface area contributed by atoms with E-state index in [1.165, 1.54) is 31.2 Å². The maximum atomic E-state index is 12.4. The van der Waals surface area contributed by atoms with Gasteiger partial charge >= 0.3 is 0 Å². The molecule has 2 N–H and O–H groups in total. The third kappa shape index (κ3) is 1.25. The zero-order valence-electron chi connectivity index (χ0n) is 9.78. The van der Waals surface area contributed by atoms with Crippen molar-refractivity contribution in [3.8, 4) is 0 Å². The van der Waals surface area contributed by atoms with Gasteiger partial charge in [0.05, 0.1) is 0 Å². The van der Waals surface area contributed by atoms with Gasteiger partial charge in [0, 0.05) is 29.3 Å². The monoisotopic (exact) mass is 228 g/mol. The Kier molecular flexibility index (Phi) is 1.59. The molecule has 88 valence electrons. The van der Waals surface area contributed by atoms with E-state index in [1.54, 1.807) is 0 Å². The Morgan fingerprint density at radius 1 is 1.29 bits per heavy atom. The molecule has 0 saturated heterocycles. The number of nitrogen functional groups attached to an aromatic ring is 1. The molecule has 1 heterocycles. The number of nitrogens with two attached hydrogens (primary N) is 1. The van der Waals surface area contributed by atoms with Crippen molar-refractivity contribution >= 4 is 11.6 Å². The van der Waals surface area contributed by atoms with E-state index in [1.807, 2.05) is 18.2 Å². The van der Waals surface area contributed by atoms with E-state index in [2.05, 4.69) is 4.90 Å². The van der Waals surface area contributed by atoms with E-state index in [0.29, 0.717) is 6.04 Å². The molecule has 0 bridgehead atoms. The first-order valence-electron chi connectivity index (χ1n) is 6.41. The molecule has 2 aliphatic carbocycles. The lowest BCUT2D eigenvalue weighted by molar-refractivity contribution is 0.0698. The Morgan fingerprint density at radius 3 is 2.71 bits per heavy atom. The van der Waals surface area contributed by atoms with Crippen LogP contribution in [-0.4, -0.2) is 23.4 Å². The van der Waals surface area contributed by atoms with Gasteiger partial charge in [-0.25, -0.2) is 0 Å². The van der Waals surface area contributed by atoms with Crippen molar-refractivity contribution in [1.82, 2.24) is 4.90 Å². The Morgan fingerprint density at radius 2 is 2.06 bits per heavy atom. The molecule has 1 amide bonds. The highest BCUT2D eigenvalue weighted by atomic mass is 16.2. The third-order valence-corrected chi connectivity index (χ3v) is 4.42. The van der Waals surface area contributed by atoms with E-state index < -0.39 is 0 Å². The lowest BCUT2D eigenvalue weighted by atomic mass is 9.86. The lowest BCUT2D eigenvalue weighted by Gasteiger charge is -2.35. The van der Waals surface area contributed by atoms with Crippen molar-refractivity contribution in [2.45, 2.75) is 37.1 Å². The number of nitrogens with zero attached hydrogens (tertiary/aromatic N) is 1. The normalized spacial score (nSPS) is 24.9. The lowest BCUT2D eigenvalue weighted by Crippen LogP contribution is -2.44. The Balaban J connectivity index is 1.85. The maximum Gasteiger partial charge on any atom is 0.254 e. The average Bonchev–Trinajstić information content (AvgIpc) is 3.19. The molecular formula is C14H16N2O. The highest BCUT2D eigenvalue weighted by Crippen LogP contribution is 2.54. The van der Waals surface area contributed by atoms with Gasteiger partial charge in [-0.3, -0.25) is 4.79 Å². The number of carbonyl (C=O) groups is 1. The van der Waals surface area contributed by atoms with Gasteiger partial charge in [-0.1, -0.05) is 0 Å². The van der Waals surface area contributed by atoms with Crippen LogP contribution in [-0.2, 0) is 5.41 Å². The van der Waals surface area contributed by atoms with Gasteiger partial charge < -0.3 is 10.6 Å². The molecule has 2 saturated carbocycles. The third-order valence-electron chi connectivity index (χ3n) is 4.42. The first-order chi connectivity index (χ1) is 8.20. The highest BCUT2D eigenvalue weighted by Gasteiger charge is 2.53. The minimum absolute atomic E-state index is 0.222. The zero-order chi connectivity index (χ0) is 11.6. The van der Waals surface area contributed by atoms with Crippen molar-refractivity contribution in [3.05, 3.63) is 29.3 Å². The second-order valence-electron chi connectivity index (χ2n) is 5.75. The molecule has 1 aromatic rings. The van der Waals surface area contributed by atoms with Crippen molar-refractivity contribution in [3.63, 3.8) is 0 Å². The minimum atomic E-state index is 0.222. The van der Waals surface area contributed by atoms with Crippen molar-refractivity contribution in [2.24, 2.45) is 0 Å². The first-order valence-corrected chi connectivity index (χ1v) is 6.41. The summed E-state index contributed by atoms with van der Waals surface area (Å²) in [5.41, 5.74) is 9.00. The summed E-state index contributed by atoms with van der Waals surface area (Å²) in [6, 6.07) is 6.31. The van der Waals surface area contributed by atoms with E-state index in [0.717, 1.165) is 17.8 Å². The Hall–Kier alpha value is -1.51. The molecule has 0 atom stereocenters. The van der Waals surface area contributed by atoms with Crippen LogP contribution < -0.4 is 5.73 Å². The number of rotatable bonds is 1. The highest BCUT2D eigenvalue weighted by molar-refractivity contribution is 5.98. The van der Waals surface area contributed by atoms with Crippen LogP contribution in [0.15, 0.2) is 18.2 Å². The van der Waals surface area contributed by atoms with Crippen LogP contribution in [0.4, 0.5) is 5.69 Å². The molecule has 4 rings (SSSR count). The van der Waals surface area contributed by atoms with Gasteiger partial charge in [-0.05, 0) is 49.4 Å². The number of hydrogen-bond acceptors (Lipinski definition) is 2. The predicted molar refractivity (Wildman–Crippen MR) is 65.8 cm³/mol. The minimum Gasteiger partial charge on any atom is -0.399 e. The molecule has 3 heteroatoms. The molecule has 17 heavy (non-hydrogen) atoms. The van der Waals surface area contributed by atoms with Gasteiger partial charge in [-0.15, -0.1) is 0 Å². The summed E-state index contributed by atoms with van der Waals surface area (Å²) in [7, 11) is 0.